The average Bonchev–Trinajstić information content (AvgIpc) is 2.31. The number of halogens is 1. The monoisotopic (exact) mass is 191 g/mol. The lowest BCUT2D eigenvalue weighted by Crippen LogP contribution is -2.27. The minimum absolute atomic E-state index is 0.132. The molecule has 3 heteroatoms. The van der Waals surface area contributed by atoms with Crippen molar-refractivity contribution in [3.05, 3.63) is 0 Å². The molecule has 1 fully saturated rings. The van der Waals surface area contributed by atoms with Crippen LogP contribution >= 0.6 is 11.6 Å². The Morgan fingerprint density at radius 2 is 2.25 bits per heavy atom. The molecule has 1 saturated heterocycles. The van der Waals surface area contributed by atoms with Gasteiger partial charge >= 0.3 is 0 Å². The van der Waals surface area contributed by atoms with Crippen molar-refractivity contribution < 1.29 is 5.11 Å². The molecule has 1 rings (SSSR count). The fourth-order valence-electron chi connectivity index (χ4n) is 1.69. The van der Waals surface area contributed by atoms with Crippen LogP contribution in [0.25, 0.3) is 0 Å². The first-order valence-electron chi connectivity index (χ1n) is 4.60. The van der Waals surface area contributed by atoms with E-state index in [-0.39, 0.29) is 6.10 Å². The normalized spacial score (nSPS) is 34.0. The Bertz CT molecular complexity index is 132. The average molecular weight is 192 g/mol. The molecule has 1 aliphatic heterocycles. The molecule has 1 N–H and O–H groups in total. The van der Waals surface area contributed by atoms with Crippen molar-refractivity contribution in [3.8, 4) is 0 Å². The molecule has 0 aromatic carbocycles. The standard InChI is InChI=1S/C9H18ClNO/c1-7(3-10)4-11-5-8(2)9(12)6-11/h7-9,12H,3-6H2,1-2H3. The fourth-order valence-corrected chi connectivity index (χ4v) is 1.78. The zero-order chi connectivity index (χ0) is 9.14. The summed E-state index contributed by atoms with van der Waals surface area (Å²) in [5, 5.41) is 9.48. The fraction of sp³-hybridized carbons (Fsp3) is 1.00. The molecule has 0 aliphatic carbocycles. The molecule has 0 radical (unpaired) electrons. The maximum Gasteiger partial charge on any atom is 0.0704 e. The molecule has 1 aliphatic rings. The van der Waals surface area contributed by atoms with Gasteiger partial charge in [-0.1, -0.05) is 13.8 Å². The van der Waals surface area contributed by atoms with Gasteiger partial charge in [0.1, 0.15) is 0 Å². The SMILES string of the molecule is CC(CCl)CN1CC(C)C(O)C1. The number of aliphatic hydroxyl groups is 1. The molecule has 2 nitrogen and oxygen atoms in total. The van der Waals surface area contributed by atoms with Gasteiger partial charge in [-0.15, -0.1) is 11.6 Å². The Hall–Kier alpha value is 0.210. The van der Waals surface area contributed by atoms with Crippen LogP contribution in [0.1, 0.15) is 13.8 Å². The second-order valence-corrected chi connectivity index (χ2v) is 4.33. The van der Waals surface area contributed by atoms with Gasteiger partial charge in [0.15, 0.2) is 0 Å². The zero-order valence-corrected chi connectivity index (χ0v) is 8.59. The predicted octanol–water partition coefficient (Wildman–Crippen LogP) is 1.17. The topological polar surface area (TPSA) is 23.5 Å². The van der Waals surface area contributed by atoms with E-state index >= 15 is 0 Å². The Kier molecular flexibility index (Phi) is 3.81. The van der Waals surface area contributed by atoms with E-state index in [1.54, 1.807) is 0 Å². The van der Waals surface area contributed by atoms with Crippen LogP contribution in [0.5, 0.6) is 0 Å². The first kappa shape index (κ1) is 10.3. The summed E-state index contributed by atoms with van der Waals surface area (Å²) in [4.78, 5) is 2.29. The molecule has 0 bridgehead atoms. The molecule has 0 aromatic heterocycles. The largest absolute Gasteiger partial charge is 0.391 e. The number of likely N-dealkylation sites (tertiary alicyclic amines) is 1. The molecule has 0 saturated carbocycles. The highest BCUT2D eigenvalue weighted by atomic mass is 35.5. The van der Waals surface area contributed by atoms with E-state index in [1.165, 1.54) is 0 Å². The lowest BCUT2D eigenvalue weighted by Gasteiger charge is -2.18. The minimum atomic E-state index is -0.132. The second-order valence-electron chi connectivity index (χ2n) is 4.02. The Morgan fingerprint density at radius 3 is 2.67 bits per heavy atom. The van der Waals surface area contributed by atoms with Crippen LogP contribution in [0.3, 0.4) is 0 Å². The molecule has 1 heterocycles. The van der Waals surface area contributed by atoms with Crippen molar-refractivity contribution in [2.75, 3.05) is 25.5 Å². The molecule has 0 amide bonds. The lowest BCUT2D eigenvalue weighted by atomic mass is 10.1. The minimum Gasteiger partial charge on any atom is -0.391 e. The summed E-state index contributed by atoms with van der Waals surface area (Å²) in [6, 6.07) is 0. The van der Waals surface area contributed by atoms with E-state index in [9.17, 15) is 5.11 Å². The van der Waals surface area contributed by atoms with Gasteiger partial charge in [-0.05, 0) is 11.8 Å². The number of alkyl halides is 1. The van der Waals surface area contributed by atoms with Crippen LogP contribution in [0, 0.1) is 11.8 Å². The van der Waals surface area contributed by atoms with Crippen LogP contribution < -0.4 is 0 Å². The lowest BCUT2D eigenvalue weighted by molar-refractivity contribution is 0.147. The van der Waals surface area contributed by atoms with Crippen LogP contribution in [-0.4, -0.2) is 41.6 Å². The maximum atomic E-state index is 9.48. The first-order chi connectivity index (χ1) is 5.63. The van der Waals surface area contributed by atoms with E-state index in [0.29, 0.717) is 17.7 Å². The first-order valence-corrected chi connectivity index (χ1v) is 5.13. The number of rotatable bonds is 3. The van der Waals surface area contributed by atoms with Crippen LogP contribution in [-0.2, 0) is 0 Å². The van der Waals surface area contributed by atoms with Gasteiger partial charge in [-0.3, -0.25) is 0 Å². The Morgan fingerprint density at radius 1 is 1.58 bits per heavy atom. The molecule has 3 atom stereocenters. The number of aliphatic hydroxyl groups excluding tert-OH is 1. The van der Waals surface area contributed by atoms with E-state index in [0.717, 1.165) is 19.6 Å². The summed E-state index contributed by atoms with van der Waals surface area (Å²) in [7, 11) is 0. The molecule has 12 heavy (non-hydrogen) atoms. The van der Waals surface area contributed by atoms with Crippen molar-refractivity contribution >= 4 is 11.6 Å². The van der Waals surface area contributed by atoms with Gasteiger partial charge < -0.3 is 10.0 Å². The van der Waals surface area contributed by atoms with Gasteiger partial charge in [-0.25, -0.2) is 0 Å². The quantitative estimate of drug-likeness (QED) is 0.678. The Labute approximate surface area is 79.5 Å². The summed E-state index contributed by atoms with van der Waals surface area (Å²) in [5.74, 6) is 1.66. The second kappa shape index (κ2) is 4.45. The van der Waals surface area contributed by atoms with E-state index in [4.69, 9.17) is 11.6 Å². The summed E-state index contributed by atoms with van der Waals surface area (Å²) < 4.78 is 0. The van der Waals surface area contributed by atoms with Gasteiger partial charge in [0.05, 0.1) is 6.10 Å². The highest BCUT2D eigenvalue weighted by molar-refractivity contribution is 6.18. The molecular formula is C9H18ClNO. The summed E-state index contributed by atoms with van der Waals surface area (Å²) in [5.41, 5.74) is 0. The number of hydrogen-bond donors (Lipinski definition) is 1. The van der Waals surface area contributed by atoms with E-state index in [1.807, 2.05) is 0 Å². The molecule has 72 valence electrons. The molecule has 0 aromatic rings. The number of nitrogens with zero attached hydrogens (tertiary/aromatic N) is 1. The van der Waals surface area contributed by atoms with Crippen LogP contribution in [0.15, 0.2) is 0 Å². The molecular weight excluding hydrogens is 174 g/mol. The summed E-state index contributed by atoms with van der Waals surface area (Å²) >= 11 is 5.71. The summed E-state index contributed by atoms with van der Waals surface area (Å²) in [6.07, 6.45) is -0.132. The maximum absolute atomic E-state index is 9.48. The van der Waals surface area contributed by atoms with Gasteiger partial charge in [-0.2, -0.15) is 0 Å². The number of β-amino-alcohol motifs (C(OH)–C–C–N with tert-alkyl or cyclic N) is 1. The number of hydrogen-bond acceptors (Lipinski definition) is 2. The smallest absolute Gasteiger partial charge is 0.0704 e. The van der Waals surface area contributed by atoms with Crippen LogP contribution in [0.2, 0.25) is 0 Å². The zero-order valence-electron chi connectivity index (χ0n) is 7.83. The van der Waals surface area contributed by atoms with Crippen molar-refractivity contribution in [2.24, 2.45) is 11.8 Å². The third-order valence-electron chi connectivity index (χ3n) is 2.48. The van der Waals surface area contributed by atoms with Crippen molar-refractivity contribution in [1.29, 1.82) is 0 Å². The third kappa shape index (κ3) is 2.61. The van der Waals surface area contributed by atoms with E-state index in [2.05, 4.69) is 18.7 Å². The van der Waals surface area contributed by atoms with Crippen molar-refractivity contribution in [3.63, 3.8) is 0 Å². The Balaban J connectivity index is 2.27. The highest BCUT2D eigenvalue weighted by Crippen LogP contribution is 2.17. The van der Waals surface area contributed by atoms with Gasteiger partial charge in [0.2, 0.25) is 0 Å². The summed E-state index contributed by atoms with van der Waals surface area (Å²) in [6.45, 7) is 7.09. The van der Waals surface area contributed by atoms with Gasteiger partial charge in [0, 0.05) is 25.5 Å². The third-order valence-corrected chi connectivity index (χ3v) is 3.01. The van der Waals surface area contributed by atoms with Gasteiger partial charge in [0.25, 0.3) is 0 Å². The van der Waals surface area contributed by atoms with E-state index < -0.39 is 0 Å². The predicted molar refractivity (Wildman–Crippen MR) is 51.5 cm³/mol. The highest BCUT2D eigenvalue weighted by Gasteiger charge is 2.27. The van der Waals surface area contributed by atoms with Crippen LogP contribution in [0.4, 0.5) is 0 Å². The molecule has 3 unspecified atom stereocenters. The molecule has 0 spiro atoms. The van der Waals surface area contributed by atoms with Crippen molar-refractivity contribution in [1.82, 2.24) is 4.90 Å². The van der Waals surface area contributed by atoms with Crippen molar-refractivity contribution in [2.45, 2.75) is 20.0 Å².